The second kappa shape index (κ2) is 21.1. The van der Waals surface area contributed by atoms with Crippen LogP contribution in [0.3, 0.4) is 0 Å². The van der Waals surface area contributed by atoms with Gasteiger partial charge in [-0.2, -0.15) is 0 Å². The lowest BCUT2D eigenvalue weighted by molar-refractivity contribution is -0.142. The molecular formula is C19H34BrN3O9. The van der Waals surface area contributed by atoms with Crippen molar-refractivity contribution in [2.24, 2.45) is 0 Å². The van der Waals surface area contributed by atoms with E-state index < -0.39 is 17.9 Å². The molecule has 4 N–H and O–H groups in total. The molecule has 1 atom stereocenters. The number of aliphatic carboxylic acids is 1. The molecule has 0 aliphatic rings. The van der Waals surface area contributed by atoms with Crippen molar-refractivity contribution in [3.63, 3.8) is 0 Å². The van der Waals surface area contributed by atoms with E-state index in [2.05, 4.69) is 31.9 Å². The van der Waals surface area contributed by atoms with Gasteiger partial charge < -0.3 is 40.0 Å². The highest BCUT2D eigenvalue weighted by atomic mass is 79.9. The minimum Gasteiger partial charge on any atom is -0.480 e. The van der Waals surface area contributed by atoms with Gasteiger partial charge in [0.25, 0.3) is 0 Å². The van der Waals surface area contributed by atoms with Crippen molar-refractivity contribution in [2.45, 2.75) is 25.3 Å². The second-order valence-electron chi connectivity index (χ2n) is 6.50. The van der Waals surface area contributed by atoms with Crippen LogP contribution < -0.4 is 16.0 Å². The van der Waals surface area contributed by atoms with E-state index in [1.165, 1.54) is 0 Å². The van der Waals surface area contributed by atoms with Gasteiger partial charge in [0, 0.05) is 20.2 Å². The number of carboxylic acid groups (broad SMARTS) is 1. The summed E-state index contributed by atoms with van der Waals surface area (Å²) in [5.41, 5.74) is 0. The maximum absolute atomic E-state index is 11.8. The summed E-state index contributed by atoms with van der Waals surface area (Å²) in [5.74, 6) is -2.06. The number of carboxylic acids is 1. The van der Waals surface area contributed by atoms with E-state index in [1.807, 2.05) is 0 Å². The Morgan fingerprint density at radius 1 is 0.812 bits per heavy atom. The summed E-state index contributed by atoms with van der Waals surface area (Å²) in [7, 11) is 1.55. The standard InChI is InChI=1S/C19H34BrN3O9/c1-29-8-9-31-13-17(25)22-6-7-30-10-11-32-14-18(26)23-15(19(27)28)4-2-3-5-21-16(24)12-20/h15H,2-14H2,1H3,(H,21,24)(H,22,25)(H,23,26)(H,27,28)/t15-/m0/s1. The van der Waals surface area contributed by atoms with Crippen molar-refractivity contribution in [3.05, 3.63) is 0 Å². The number of halogens is 1. The highest BCUT2D eigenvalue weighted by molar-refractivity contribution is 9.09. The third-order valence-corrected chi connectivity index (χ3v) is 4.34. The highest BCUT2D eigenvalue weighted by Gasteiger charge is 2.19. The molecule has 0 aromatic rings. The first-order valence-electron chi connectivity index (χ1n) is 10.2. The summed E-state index contributed by atoms with van der Waals surface area (Å²) < 4.78 is 20.3. The summed E-state index contributed by atoms with van der Waals surface area (Å²) in [4.78, 5) is 45.6. The average Bonchev–Trinajstić information content (AvgIpc) is 2.77. The van der Waals surface area contributed by atoms with Crippen LogP contribution in [0.4, 0.5) is 0 Å². The molecular weight excluding hydrogens is 494 g/mol. The number of rotatable bonds is 21. The number of unbranched alkanes of at least 4 members (excludes halogenated alkanes) is 1. The minimum absolute atomic E-state index is 0.0490. The van der Waals surface area contributed by atoms with Crippen LogP contribution in [0, 0.1) is 0 Å². The van der Waals surface area contributed by atoms with Crippen molar-refractivity contribution in [1.82, 2.24) is 16.0 Å². The number of carbonyl (C=O) groups is 4. The largest absolute Gasteiger partial charge is 0.480 e. The van der Waals surface area contributed by atoms with Gasteiger partial charge in [0.2, 0.25) is 17.7 Å². The van der Waals surface area contributed by atoms with Crippen LogP contribution in [0.25, 0.3) is 0 Å². The molecule has 12 nitrogen and oxygen atoms in total. The van der Waals surface area contributed by atoms with Gasteiger partial charge in [-0.15, -0.1) is 0 Å². The number of hydrogen-bond acceptors (Lipinski definition) is 8. The lowest BCUT2D eigenvalue weighted by Gasteiger charge is -2.14. The lowest BCUT2D eigenvalue weighted by atomic mass is 10.1. The summed E-state index contributed by atoms with van der Waals surface area (Å²) in [6.07, 6.45) is 1.38. The molecule has 0 aliphatic heterocycles. The van der Waals surface area contributed by atoms with E-state index in [-0.39, 0.29) is 56.6 Å². The van der Waals surface area contributed by atoms with Crippen LogP contribution >= 0.6 is 15.9 Å². The zero-order chi connectivity index (χ0) is 24.0. The fraction of sp³-hybridized carbons (Fsp3) is 0.789. The summed E-state index contributed by atoms with van der Waals surface area (Å²) in [6, 6.07) is -1.02. The molecule has 0 rings (SSSR count). The number of hydrogen-bond donors (Lipinski definition) is 4. The highest BCUT2D eigenvalue weighted by Crippen LogP contribution is 2.01. The van der Waals surface area contributed by atoms with Gasteiger partial charge in [0.15, 0.2) is 0 Å². The third-order valence-electron chi connectivity index (χ3n) is 3.84. The molecule has 0 aromatic heterocycles. The van der Waals surface area contributed by atoms with E-state index in [0.717, 1.165) is 0 Å². The van der Waals surface area contributed by atoms with Gasteiger partial charge in [0.05, 0.1) is 38.4 Å². The number of amides is 3. The lowest BCUT2D eigenvalue weighted by Crippen LogP contribution is -2.42. The van der Waals surface area contributed by atoms with Gasteiger partial charge in [-0.05, 0) is 19.3 Å². The number of methoxy groups -OCH3 is 1. The van der Waals surface area contributed by atoms with Gasteiger partial charge >= 0.3 is 5.97 Å². The quantitative estimate of drug-likeness (QED) is 0.109. The van der Waals surface area contributed by atoms with E-state index >= 15 is 0 Å². The number of nitrogens with one attached hydrogen (secondary N) is 3. The zero-order valence-corrected chi connectivity index (χ0v) is 19.9. The molecule has 0 unspecified atom stereocenters. The first-order valence-corrected chi connectivity index (χ1v) is 11.4. The Morgan fingerprint density at radius 3 is 2.09 bits per heavy atom. The maximum Gasteiger partial charge on any atom is 0.326 e. The van der Waals surface area contributed by atoms with Crippen LogP contribution in [0.5, 0.6) is 0 Å². The molecule has 0 aromatic carbocycles. The Kier molecular flexibility index (Phi) is 19.9. The van der Waals surface area contributed by atoms with Crippen molar-refractivity contribution >= 4 is 39.6 Å². The first kappa shape index (κ1) is 30.2. The fourth-order valence-corrected chi connectivity index (χ4v) is 2.45. The van der Waals surface area contributed by atoms with Crippen molar-refractivity contribution in [1.29, 1.82) is 0 Å². The second-order valence-corrected chi connectivity index (χ2v) is 7.06. The summed E-state index contributed by atoms with van der Waals surface area (Å²) in [5, 5.41) is 17.1. The van der Waals surface area contributed by atoms with Gasteiger partial charge in [-0.3, -0.25) is 14.4 Å². The Morgan fingerprint density at radius 2 is 1.44 bits per heavy atom. The monoisotopic (exact) mass is 527 g/mol. The molecule has 3 amide bonds. The Labute approximate surface area is 196 Å². The third kappa shape index (κ3) is 18.9. The van der Waals surface area contributed by atoms with Crippen LogP contribution in [0.2, 0.25) is 0 Å². The zero-order valence-electron chi connectivity index (χ0n) is 18.4. The molecule has 0 bridgehead atoms. The Bertz CT molecular complexity index is 552. The van der Waals surface area contributed by atoms with E-state index in [1.54, 1.807) is 7.11 Å². The minimum atomic E-state index is -1.13. The van der Waals surface area contributed by atoms with Crippen molar-refractivity contribution in [2.75, 3.05) is 71.8 Å². The molecule has 0 radical (unpaired) electrons. The fourth-order valence-electron chi connectivity index (χ4n) is 2.25. The van der Waals surface area contributed by atoms with Crippen molar-refractivity contribution in [3.8, 4) is 0 Å². The maximum atomic E-state index is 11.8. The Hall–Kier alpha value is -1.80. The molecule has 32 heavy (non-hydrogen) atoms. The molecule has 0 fully saturated rings. The van der Waals surface area contributed by atoms with E-state index in [4.69, 9.17) is 18.9 Å². The molecule has 0 heterocycles. The normalized spacial score (nSPS) is 11.6. The topological polar surface area (TPSA) is 162 Å². The van der Waals surface area contributed by atoms with Gasteiger partial charge in [-0.1, -0.05) is 15.9 Å². The molecule has 0 aliphatic carbocycles. The SMILES string of the molecule is COCCOCC(=O)NCCOCCOCC(=O)N[C@@H](CCCCNC(=O)CBr)C(=O)O. The first-order chi connectivity index (χ1) is 15.4. The van der Waals surface area contributed by atoms with Crippen LogP contribution in [0.15, 0.2) is 0 Å². The smallest absolute Gasteiger partial charge is 0.326 e. The molecule has 0 spiro atoms. The average molecular weight is 528 g/mol. The predicted octanol–water partition coefficient (Wildman–Crippen LogP) is -0.950. The number of carbonyl (C=O) groups excluding carboxylic acids is 3. The summed E-state index contributed by atoms with van der Waals surface area (Å²) >= 11 is 3.03. The summed E-state index contributed by atoms with van der Waals surface area (Å²) in [6.45, 7) is 1.82. The Balaban J connectivity index is 3.71. The number of alkyl halides is 1. The van der Waals surface area contributed by atoms with Crippen LogP contribution in [-0.4, -0.2) is 107 Å². The van der Waals surface area contributed by atoms with E-state index in [0.29, 0.717) is 39.1 Å². The van der Waals surface area contributed by atoms with Crippen LogP contribution in [-0.2, 0) is 38.1 Å². The molecule has 0 saturated heterocycles. The molecule has 0 saturated carbocycles. The van der Waals surface area contributed by atoms with Crippen LogP contribution in [0.1, 0.15) is 19.3 Å². The van der Waals surface area contributed by atoms with Gasteiger partial charge in [0.1, 0.15) is 19.3 Å². The predicted molar refractivity (Wildman–Crippen MR) is 118 cm³/mol. The van der Waals surface area contributed by atoms with E-state index in [9.17, 15) is 24.3 Å². The van der Waals surface area contributed by atoms with Crippen molar-refractivity contribution < 1.29 is 43.2 Å². The number of ether oxygens (including phenoxy) is 4. The molecule has 13 heteroatoms. The molecule has 186 valence electrons. The van der Waals surface area contributed by atoms with Gasteiger partial charge in [-0.25, -0.2) is 4.79 Å².